The third kappa shape index (κ3) is 4.78. The minimum atomic E-state index is -0.354. The highest BCUT2D eigenvalue weighted by atomic mass is 16.5. The lowest BCUT2D eigenvalue weighted by atomic mass is 10.1. The van der Waals surface area contributed by atoms with Gasteiger partial charge in [0.15, 0.2) is 0 Å². The van der Waals surface area contributed by atoms with Gasteiger partial charge in [0.1, 0.15) is 0 Å². The highest BCUT2D eigenvalue weighted by molar-refractivity contribution is 6.03. The van der Waals surface area contributed by atoms with Gasteiger partial charge in [-0.05, 0) is 49.6 Å². The van der Waals surface area contributed by atoms with Crippen LogP contribution in [-0.4, -0.2) is 24.5 Å². The summed E-state index contributed by atoms with van der Waals surface area (Å²) < 4.78 is 5.62. The van der Waals surface area contributed by atoms with Crippen molar-refractivity contribution in [1.82, 2.24) is 0 Å². The summed E-state index contributed by atoms with van der Waals surface area (Å²) in [5.41, 5.74) is 3.77. The number of rotatable bonds is 7. The van der Waals surface area contributed by atoms with Gasteiger partial charge in [0.05, 0.1) is 18.6 Å². The average Bonchev–Trinajstić information content (AvgIpc) is 3.08. The Balaban J connectivity index is 1.66. The monoisotopic (exact) mass is 380 g/mol. The molecule has 2 aromatic carbocycles. The number of para-hydroxylation sites is 1. The normalized spacial score (nSPS) is 16.6. The van der Waals surface area contributed by atoms with Gasteiger partial charge in [-0.1, -0.05) is 37.3 Å². The molecule has 28 heavy (non-hydrogen) atoms. The summed E-state index contributed by atoms with van der Waals surface area (Å²) in [6.07, 6.45) is 1.24. The van der Waals surface area contributed by atoms with Crippen molar-refractivity contribution in [2.75, 3.05) is 16.8 Å². The van der Waals surface area contributed by atoms with Gasteiger partial charge in [-0.25, -0.2) is 0 Å². The van der Waals surface area contributed by atoms with E-state index in [0.717, 1.165) is 28.9 Å². The van der Waals surface area contributed by atoms with Crippen molar-refractivity contribution in [2.45, 2.75) is 46.3 Å². The average molecular weight is 380 g/mol. The van der Waals surface area contributed by atoms with Gasteiger partial charge in [-0.2, -0.15) is 0 Å². The maximum absolute atomic E-state index is 12.7. The third-order valence-corrected chi connectivity index (χ3v) is 4.94. The van der Waals surface area contributed by atoms with E-state index in [1.807, 2.05) is 62.4 Å². The predicted octanol–water partition coefficient (Wildman–Crippen LogP) is 4.17. The van der Waals surface area contributed by atoms with Crippen LogP contribution in [0.15, 0.2) is 48.5 Å². The van der Waals surface area contributed by atoms with Crippen molar-refractivity contribution < 1.29 is 14.3 Å². The van der Waals surface area contributed by atoms with Gasteiger partial charge in [0.2, 0.25) is 11.8 Å². The molecule has 0 bridgehead atoms. The first-order valence-electron chi connectivity index (χ1n) is 9.87. The van der Waals surface area contributed by atoms with Crippen LogP contribution in [0, 0.1) is 5.92 Å². The molecule has 148 valence electrons. The van der Waals surface area contributed by atoms with Gasteiger partial charge in [0.25, 0.3) is 0 Å². The summed E-state index contributed by atoms with van der Waals surface area (Å²) in [4.78, 5) is 27.0. The van der Waals surface area contributed by atoms with Crippen molar-refractivity contribution in [3.8, 4) is 0 Å². The quantitative estimate of drug-likeness (QED) is 0.784. The number of amides is 2. The van der Waals surface area contributed by atoms with E-state index in [9.17, 15) is 9.59 Å². The van der Waals surface area contributed by atoms with E-state index >= 15 is 0 Å². The summed E-state index contributed by atoms with van der Waals surface area (Å²) in [7, 11) is 0. The van der Waals surface area contributed by atoms with Crippen LogP contribution in [0.3, 0.4) is 0 Å². The van der Waals surface area contributed by atoms with E-state index < -0.39 is 0 Å². The molecule has 1 atom stereocenters. The van der Waals surface area contributed by atoms with Crippen LogP contribution in [-0.2, 0) is 27.4 Å². The highest BCUT2D eigenvalue weighted by Gasteiger charge is 2.35. The summed E-state index contributed by atoms with van der Waals surface area (Å²) in [5, 5.41) is 2.96. The van der Waals surface area contributed by atoms with Gasteiger partial charge in [-0.3, -0.25) is 9.59 Å². The Morgan fingerprint density at radius 1 is 1.21 bits per heavy atom. The van der Waals surface area contributed by atoms with Crippen molar-refractivity contribution in [3.63, 3.8) is 0 Å². The minimum absolute atomic E-state index is 0.000124. The Bertz CT molecular complexity index is 847. The van der Waals surface area contributed by atoms with E-state index in [0.29, 0.717) is 13.2 Å². The summed E-state index contributed by atoms with van der Waals surface area (Å²) >= 11 is 0. The van der Waals surface area contributed by atoms with Crippen LogP contribution in [0.1, 0.15) is 38.3 Å². The molecule has 0 saturated carbocycles. The zero-order valence-electron chi connectivity index (χ0n) is 16.8. The molecule has 5 heteroatoms. The first kappa shape index (κ1) is 20.1. The maximum Gasteiger partial charge on any atom is 0.229 e. The van der Waals surface area contributed by atoms with E-state index in [2.05, 4.69) is 12.2 Å². The van der Waals surface area contributed by atoms with Gasteiger partial charge < -0.3 is 15.0 Å². The molecule has 0 aromatic heterocycles. The molecular weight excluding hydrogens is 352 g/mol. The molecule has 0 radical (unpaired) electrons. The van der Waals surface area contributed by atoms with Crippen LogP contribution in [0.4, 0.5) is 11.4 Å². The van der Waals surface area contributed by atoms with Crippen molar-refractivity contribution in [1.29, 1.82) is 0 Å². The molecule has 1 aliphatic rings. The van der Waals surface area contributed by atoms with Crippen molar-refractivity contribution in [2.24, 2.45) is 5.92 Å². The Morgan fingerprint density at radius 3 is 2.75 bits per heavy atom. The first-order chi connectivity index (χ1) is 13.5. The highest BCUT2D eigenvalue weighted by Crippen LogP contribution is 2.29. The first-order valence-corrected chi connectivity index (χ1v) is 9.87. The number of benzene rings is 2. The molecular formula is C23H28N2O3. The fourth-order valence-corrected chi connectivity index (χ4v) is 3.44. The van der Waals surface area contributed by atoms with E-state index in [1.165, 1.54) is 0 Å². The number of hydrogen-bond acceptors (Lipinski definition) is 3. The molecule has 1 unspecified atom stereocenters. The number of carbonyl (C=O) groups excluding carboxylic acids is 2. The molecule has 1 N–H and O–H groups in total. The fraction of sp³-hybridized carbons (Fsp3) is 0.391. The van der Waals surface area contributed by atoms with Gasteiger partial charge >= 0.3 is 0 Å². The summed E-state index contributed by atoms with van der Waals surface area (Å²) in [6.45, 7) is 6.97. The number of anilines is 2. The Labute approximate surface area is 166 Å². The van der Waals surface area contributed by atoms with Crippen LogP contribution >= 0.6 is 0 Å². The third-order valence-electron chi connectivity index (χ3n) is 4.94. The molecule has 0 spiro atoms. The van der Waals surface area contributed by atoms with Crippen LogP contribution in [0.5, 0.6) is 0 Å². The molecule has 2 aromatic rings. The van der Waals surface area contributed by atoms with Crippen molar-refractivity contribution >= 4 is 23.2 Å². The van der Waals surface area contributed by atoms with Gasteiger partial charge in [0, 0.05) is 24.3 Å². The fourth-order valence-electron chi connectivity index (χ4n) is 3.44. The number of hydrogen-bond donors (Lipinski definition) is 1. The Morgan fingerprint density at radius 2 is 2.00 bits per heavy atom. The second kappa shape index (κ2) is 9.02. The summed E-state index contributed by atoms with van der Waals surface area (Å²) in [6, 6.07) is 15.5. The predicted molar refractivity (Wildman–Crippen MR) is 111 cm³/mol. The number of nitrogens with one attached hydrogen (secondary N) is 1. The number of aryl methyl sites for hydroxylation is 1. The Hall–Kier alpha value is -2.66. The molecule has 1 heterocycles. The van der Waals surface area contributed by atoms with Gasteiger partial charge in [-0.15, -0.1) is 0 Å². The summed E-state index contributed by atoms with van der Waals surface area (Å²) in [5.74, 6) is -0.472. The van der Waals surface area contributed by atoms with Crippen LogP contribution < -0.4 is 10.2 Å². The molecule has 3 rings (SSSR count). The van der Waals surface area contributed by atoms with E-state index in [-0.39, 0.29) is 30.3 Å². The molecule has 1 aliphatic heterocycles. The standard InChI is InChI=1S/C23H28N2O3/c1-4-18-9-5-6-11-21(18)25-14-19(13-22(25)26)23(27)24-20-10-7-8-17(12-20)15-28-16(2)3/h5-12,16,19H,4,13-15H2,1-3H3,(H,24,27). The largest absolute Gasteiger partial charge is 0.374 e. The smallest absolute Gasteiger partial charge is 0.229 e. The Kier molecular flexibility index (Phi) is 6.47. The zero-order chi connectivity index (χ0) is 20.1. The van der Waals surface area contributed by atoms with E-state index in [4.69, 9.17) is 4.74 Å². The molecule has 5 nitrogen and oxygen atoms in total. The van der Waals surface area contributed by atoms with E-state index in [1.54, 1.807) is 4.90 Å². The lowest BCUT2D eigenvalue weighted by molar-refractivity contribution is -0.122. The second-order valence-corrected chi connectivity index (χ2v) is 7.44. The number of carbonyl (C=O) groups is 2. The topological polar surface area (TPSA) is 58.6 Å². The maximum atomic E-state index is 12.7. The zero-order valence-corrected chi connectivity index (χ0v) is 16.8. The van der Waals surface area contributed by atoms with Crippen LogP contribution in [0.25, 0.3) is 0 Å². The lowest BCUT2D eigenvalue weighted by Gasteiger charge is -2.20. The van der Waals surface area contributed by atoms with Crippen molar-refractivity contribution in [3.05, 3.63) is 59.7 Å². The molecule has 1 saturated heterocycles. The number of ether oxygens (including phenoxy) is 1. The minimum Gasteiger partial charge on any atom is -0.374 e. The lowest BCUT2D eigenvalue weighted by Crippen LogP contribution is -2.28. The number of nitrogens with zero attached hydrogens (tertiary/aromatic N) is 1. The molecule has 0 aliphatic carbocycles. The second-order valence-electron chi connectivity index (χ2n) is 7.44. The SMILES string of the molecule is CCc1ccccc1N1CC(C(=O)Nc2cccc(COC(C)C)c2)CC1=O. The molecule has 2 amide bonds. The molecule has 1 fully saturated rings. The van der Waals surface area contributed by atoms with Crippen LogP contribution in [0.2, 0.25) is 0 Å².